The van der Waals surface area contributed by atoms with E-state index in [1.54, 1.807) is 20.4 Å². The van der Waals surface area contributed by atoms with Gasteiger partial charge < -0.3 is 14.8 Å². The Kier molecular flexibility index (Phi) is 7.02. The lowest BCUT2D eigenvalue weighted by Crippen LogP contribution is -2.33. The number of amides is 1. The molecule has 0 spiro atoms. The minimum Gasteiger partial charge on any atom is -0.497 e. The van der Waals surface area contributed by atoms with Crippen molar-refractivity contribution in [3.63, 3.8) is 0 Å². The number of carbonyl (C=O) groups excluding carboxylic acids is 1. The largest absolute Gasteiger partial charge is 0.497 e. The molecule has 1 fully saturated rings. The number of hydrogen-bond donors (Lipinski definition) is 1. The van der Waals surface area contributed by atoms with Gasteiger partial charge in [0.15, 0.2) is 0 Å². The van der Waals surface area contributed by atoms with E-state index in [4.69, 9.17) is 9.47 Å². The maximum absolute atomic E-state index is 12.8. The van der Waals surface area contributed by atoms with E-state index in [1.165, 1.54) is 0 Å². The minimum atomic E-state index is -0.120. The third-order valence-electron chi connectivity index (χ3n) is 5.87. The normalized spacial score (nSPS) is 16.8. The Hall–Kier alpha value is -3.38. The van der Waals surface area contributed by atoms with Gasteiger partial charge in [0.2, 0.25) is 5.91 Å². The first-order chi connectivity index (χ1) is 15.7. The van der Waals surface area contributed by atoms with Crippen LogP contribution < -0.4 is 14.8 Å². The molecule has 0 saturated carbocycles. The van der Waals surface area contributed by atoms with Gasteiger partial charge in [-0.1, -0.05) is 36.4 Å². The summed E-state index contributed by atoms with van der Waals surface area (Å²) in [6.45, 7) is 2.85. The molecule has 1 aliphatic heterocycles. The first-order valence-electron chi connectivity index (χ1n) is 10.9. The molecule has 0 radical (unpaired) electrons. The second-order valence-corrected chi connectivity index (χ2v) is 8.05. The second kappa shape index (κ2) is 10.3. The van der Waals surface area contributed by atoms with Crippen molar-refractivity contribution >= 4 is 5.91 Å². The Morgan fingerprint density at radius 1 is 1.06 bits per heavy atom. The lowest BCUT2D eigenvalue weighted by molar-refractivity contribution is -0.124. The van der Waals surface area contributed by atoms with Crippen LogP contribution in [0.15, 0.2) is 67.0 Å². The zero-order valence-electron chi connectivity index (χ0n) is 18.6. The van der Waals surface area contributed by atoms with E-state index >= 15 is 0 Å². The van der Waals surface area contributed by atoms with Crippen LogP contribution in [0.3, 0.4) is 0 Å². The Labute approximate surface area is 189 Å². The average molecular weight is 432 g/mol. The van der Waals surface area contributed by atoms with Gasteiger partial charge in [-0.3, -0.25) is 14.7 Å². The van der Waals surface area contributed by atoms with E-state index in [0.29, 0.717) is 26.1 Å². The monoisotopic (exact) mass is 431 g/mol. The van der Waals surface area contributed by atoms with Gasteiger partial charge in [0.25, 0.3) is 0 Å². The zero-order chi connectivity index (χ0) is 22.3. The number of rotatable bonds is 7. The van der Waals surface area contributed by atoms with Gasteiger partial charge in [0.05, 0.1) is 20.1 Å². The molecule has 2 aromatic carbocycles. The number of carbonyl (C=O) groups is 1. The van der Waals surface area contributed by atoms with Gasteiger partial charge in [-0.15, -0.1) is 0 Å². The van der Waals surface area contributed by atoms with E-state index in [-0.39, 0.29) is 11.8 Å². The van der Waals surface area contributed by atoms with Crippen molar-refractivity contribution in [1.29, 1.82) is 0 Å². The maximum Gasteiger partial charge on any atom is 0.224 e. The van der Waals surface area contributed by atoms with Gasteiger partial charge >= 0.3 is 0 Å². The fourth-order valence-corrected chi connectivity index (χ4v) is 4.19. The van der Waals surface area contributed by atoms with Crippen LogP contribution in [0.25, 0.3) is 11.1 Å². The summed E-state index contributed by atoms with van der Waals surface area (Å²) in [7, 11) is 3.32. The Bertz CT molecular complexity index is 1060. The molecule has 1 N–H and O–H groups in total. The summed E-state index contributed by atoms with van der Waals surface area (Å²) in [6.07, 6.45) is 4.33. The maximum atomic E-state index is 12.8. The van der Waals surface area contributed by atoms with E-state index in [9.17, 15) is 4.79 Å². The molecule has 32 heavy (non-hydrogen) atoms. The summed E-state index contributed by atoms with van der Waals surface area (Å²) in [5, 5.41) is 3.08. The average Bonchev–Trinajstić information content (AvgIpc) is 3.00. The van der Waals surface area contributed by atoms with Gasteiger partial charge in [0, 0.05) is 50.2 Å². The molecular formula is C26H29N3O3. The molecule has 0 unspecified atom stereocenters. The summed E-state index contributed by atoms with van der Waals surface area (Å²) in [6, 6.07) is 18.2. The topological polar surface area (TPSA) is 63.7 Å². The fraction of sp³-hybridized carbons (Fsp3) is 0.308. The Balaban J connectivity index is 1.49. The van der Waals surface area contributed by atoms with Crippen LogP contribution in [0.2, 0.25) is 0 Å². The first kappa shape index (κ1) is 21.8. The van der Waals surface area contributed by atoms with Crippen molar-refractivity contribution < 1.29 is 14.3 Å². The Morgan fingerprint density at radius 3 is 2.72 bits per heavy atom. The highest BCUT2D eigenvalue weighted by atomic mass is 16.5. The molecule has 2 heterocycles. The lowest BCUT2D eigenvalue weighted by atomic mass is 9.95. The first-order valence-corrected chi connectivity index (χ1v) is 10.9. The minimum absolute atomic E-state index is 0.112. The molecule has 1 aromatic heterocycles. The number of methoxy groups -OCH3 is 2. The van der Waals surface area contributed by atoms with Crippen LogP contribution in [-0.2, 0) is 17.8 Å². The quantitative estimate of drug-likeness (QED) is 0.620. The molecule has 3 aromatic rings. The lowest BCUT2D eigenvalue weighted by Gasteiger charge is -2.24. The molecule has 1 saturated heterocycles. The standard InChI is InChI=1S/C26H29N3O3/c1-31-24-9-8-22(25(15-24)32-2)17-29-12-11-28-26(30)23(18-29)14-19-5-3-6-20(13-19)21-7-4-10-27-16-21/h3-10,13,15-16,23H,11-12,14,17-18H2,1-2H3,(H,28,30)/t23-/m0/s1. The Morgan fingerprint density at radius 2 is 1.94 bits per heavy atom. The molecule has 166 valence electrons. The summed E-state index contributed by atoms with van der Waals surface area (Å²) < 4.78 is 10.9. The van der Waals surface area contributed by atoms with Crippen molar-refractivity contribution in [1.82, 2.24) is 15.2 Å². The summed E-state index contributed by atoms with van der Waals surface area (Å²) >= 11 is 0. The third-order valence-corrected chi connectivity index (χ3v) is 5.87. The van der Waals surface area contributed by atoms with Crippen LogP contribution in [0.5, 0.6) is 11.5 Å². The number of aromatic nitrogens is 1. The number of nitrogens with one attached hydrogen (secondary N) is 1. The second-order valence-electron chi connectivity index (χ2n) is 8.05. The molecule has 0 aliphatic carbocycles. The third kappa shape index (κ3) is 5.26. The van der Waals surface area contributed by atoms with E-state index < -0.39 is 0 Å². The molecule has 6 heteroatoms. The van der Waals surface area contributed by atoms with Crippen molar-refractivity contribution in [2.75, 3.05) is 33.9 Å². The highest BCUT2D eigenvalue weighted by Gasteiger charge is 2.26. The van der Waals surface area contributed by atoms with Crippen molar-refractivity contribution in [2.24, 2.45) is 5.92 Å². The van der Waals surface area contributed by atoms with Crippen LogP contribution in [0.4, 0.5) is 0 Å². The summed E-state index contributed by atoms with van der Waals surface area (Å²) in [4.78, 5) is 19.3. The van der Waals surface area contributed by atoms with E-state index in [0.717, 1.165) is 40.3 Å². The van der Waals surface area contributed by atoms with Gasteiger partial charge in [0.1, 0.15) is 11.5 Å². The summed E-state index contributed by atoms with van der Waals surface area (Å²) in [5.74, 6) is 1.56. The van der Waals surface area contributed by atoms with Gasteiger partial charge in [-0.05, 0) is 35.2 Å². The van der Waals surface area contributed by atoms with Crippen LogP contribution >= 0.6 is 0 Å². The number of hydrogen-bond acceptors (Lipinski definition) is 5. The number of nitrogens with zero attached hydrogens (tertiary/aromatic N) is 2. The summed E-state index contributed by atoms with van der Waals surface area (Å²) in [5.41, 5.74) is 4.42. The van der Waals surface area contributed by atoms with E-state index in [1.807, 2.05) is 36.5 Å². The van der Waals surface area contributed by atoms with Crippen LogP contribution in [0, 0.1) is 5.92 Å². The highest BCUT2D eigenvalue weighted by Crippen LogP contribution is 2.27. The van der Waals surface area contributed by atoms with Crippen molar-refractivity contribution in [2.45, 2.75) is 13.0 Å². The SMILES string of the molecule is COc1ccc(CN2CCNC(=O)[C@@H](Cc3cccc(-c4cccnc4)c3)C2)c(OC)c1. The highest BCUT2D eigenvalue weighted by molar-refractivity contribution is 5.79. The fourth-order valence-electron chi connectivity index (χ4n) is 4.19. The van der Waals surface area contributed by atoms with Crippen molar-refractivity contribution in [3.05, 3.63) is 78.1 Å². The molecule has 1 atom stereocenters. The van der Waals surface area contributed by atoms with Crippen LogP contribution in [-0.4, -0.2) is 49.6 Å². The number of ether oxygens (including phenoxy) is 2. The molecule has 1 amide bonds. The van der Waals surface area contributed by atoms with Gasteiger partial charge in [-0.2, -0.15) is 0 Å². The molecule has 1 aliphatic rings. The van der Waals surface area contributed by atoms with E-state index in [2.05, 4.69) is 39.5 Å². The number of benzene rings is 2. The molecule has 4 rings (SSSR count). The molecular weight excluding hydrogens is 402 g/mol. The number of pyridine rings is 1. The predicted octanol–water partition coefficient (Wildman–Crippen LogP) is 3.56. The van der Waals surface area contributed by atoms with Crippen molar-refractivity contribution in [3.8, 4) is 22.6 Å². The predicted molar refractivity (Wildman–Crippen MR) is 125 cm³/mol. The zero-order valence-corrected chi connectivity index (χ0v) is 18.6. The van der Waals surface area contributed by atoms with Crippen LogP contribution in [0.1, 0.15) is 11.1 Å². The molecule has 0 bridgehead atoms. The van der Waals surface area contributed by atoms with Gasteiger partial charge in [-0.25, -0.2) is 0 Å². The smallest absolute Gasteiger partial charge is 0.224 e. The molecule has 6 nitrogen and oxygen atoms in total.